The summed E-state index contributed by atoms with van der Waals surface area (Å²) in [4.78, 5) is 0. The molecule has 1 heteroatoms. The molecule has 0 bridgehead atoms. The minimum Gasteiger partial charge on any atom is -0.393 e. The first-order valence-electron chi connectivity index (χ1n) is 7.22. The van der Waals surface area contributed by atoms with E-state index in [1.165, 1.54) is 30.4 Å². The molecule has 100 valence electrons. The summed E-state index contributed by atoms with van der Waals surface area (Å²) in [6.07, 6.45) is 5.63. The van der Waals surface area contributed by atoms with Crippen molar-refractivity contribution in [2.75, 3.05) is 0 Å². The Hall–Kier alpha value is -0.820. The molecule has 1 aromatic rings. The molecule has 1 atom stereocenters. The highest BCUT2D eigenvalue weighted by atomic mass is 16.3. The Morgan fingerprint density at radius 2 is 1.78 bits per heavy atom. The average molecular weight is 246 g/mol. The Balaban J connectivity index is 1.89. The van der Waals surface area contributed by atoms with Gasteiger partial charge in [0.25, 0.3) is 0 Å². The van der Waals surface area contributed by atoms with Crippen molar-refractivity contribution in [2.24, 2.45) is 5.92 Å². The van der Waals surface area contributed by atoms with Gasteiger partial charge in [0.1, 0.15) is 0 Å². The predicted molar refractivity (Wildman–Crippen MR) is 76.8 cm³/mol. The Bertz CT molecular complexity index is 368. The maximum atomic E-state index is 10.1. The molecule has 18 heavy (non-hydrogen) atoms. The van der Waals surface area contributed by atoms with Crippen LogP contribution >= 0.6 is 0 Å². The monoisotopic (exact) mass is 246 g/mol. The van der Waals surface area contributed by atoms with Crippen LogP contribution in [0.1, 0.15) is 57.6 Å². The maximum Gasteiger partial charge on any atom is 0.0583 e. The molecule has 1 saturated carbocycles. The second kappa shape index (κ2) is 5.44. The van der Waals surface area contributed by atoms with Gasteiger partial charge in [-0.3, -0.25) is 0 Å². The van der Waals surface area contributed by atoms with E-state index in [1.54, 1.807) is 0 Å². The van der Waals surface area contributed by atoms with Crippen molar-refractivity contribution >= 4 is 0 Å². The van der Waals surface area contributed by atoms with Crippen LogP contribution in [0.5, 0.6) is 0 Å². The summed E-state index contributed by atoms with van der Waals surface area (Å²) >= 11 is 0. The van der Waals surface area contributed by atoms with Gasteiger partial charge in [0, 0.05) is 0 Å². The molecule has 1 unspecified atom stereocenters. The molecule has 0 spiro atoms. The van der Waals surface area contributed by atoms with Crippen molar-refractivity contribution in [2.45, 2.75) is 64.4 Å². The Kier molecular flexibility index (Phi) is 4.11. The van der Waals surface area contributed by atoms with E-state index < -0.39 is 0 Å². The highest BCUT2D eigenvalue weighted by Gasteiger charge is 2.21. The summed E-state index contributed by atoms with van der Waals surface area (Å²) in [5, 5.41) is 10.1. The Morgan fingerprint density at radius 1 is 1.17 bits per heavy atom. The van der Waals surface area contributed by atoms with Crippen LogP contribution < -0.4 is 0 Å². The number of aliphatic hydroxyl groups is 1. The molecule has 0 aliphatic heterocycles. The van der Waals surface area contributed by atoms with Crippen molar-refractivity contribution < 1.29 is 5.11 Å². The Labute approximate surface area is 111 Å². The molecular formula is C17H26O. The van der Waals surface area contributed by atoms with Gasteiger partial charge in [-0.2, -0.15) is 0 Å². The van der Waals surface area contributed by atoms with Gasteiger partial charge in [-0.25, -0.2) is 0 Å². The molecule has 1 aliphatic rings. The van der Waals surface area contributed by atoms with Crippen LogP contribution in [0.2, 0.25) is 0 Å². The van der Waals surface area contributed by atoms with E-state index in [0.717, 1.165) is 18.8 Å². The summed E-state index contributed by atoms with van der Waals surface area (Å²) < 4.78 is 0. The second-order valence-electron chi connectivity index (χ2n) is 6.84. The van der Waals surface area contributed by atoms with Gasteiger partial charge >= 0.3 is 0 Å². The Morgan fingerprint density at radius 3 is 2.22 bits per heavy atom. The summed E-state index contributed by atoms with van der Waals surface area (Å²) in [6, 6.07) is 8.74. The lowest BCUT2D eigenvalue weighted by Gasteiger charge is -2.27. The highest BCUT2D eigenvalue weighted by Crippen LogP contribution is 2.31. The molecule has 1 fully saturated rings. The lowest BCUT2D eigenvalue weighted by Crippen LogP contribution is -2.21. The van der Waals surface area contributed by atoms with Gasteiger partial charge < -0.3 is 5.11 Å². The molecule has 0 amide bonds. The van der Waals surface area contributed by atoms with Crippen LogP contribution in [0.4, 0.5) is 0 Å². The van der Waals surface area contributed by atoms with Crippen molar-refractivity contribution in [3.8, 4) is 0 Å². The molecule has 0 radical (unpaired) electrons. The molecule has 0 aromatic heterocycles. The molecule has 1 nitrogen and oxygen atoms in total. The number of hydrogen-bond acceptors (Lipinski definition) is 1. The first-order chi connectivity index (χ1) is 8.45. The number of hydrogen-bond donors (Lipinski definition) is 1. The van der Waals surface area contributed by atoms with E-state index in [2.05, 4.69) is 45.0 Å². The van der Waals surface area contributed by atoms with Gasteiger partial charge in [-0.1, -0.05) is 64.3 Å². The number of aliphatic hydroxyl groups excluding tert-OH is 1. The zero-order chi connectivity index (χ0) is 13.2. The topological polar surface area (TPSA) is 20.2 Å². The molecule has 1 aliphatic carbocycles. The number of rotatable bonds is 4. The normalized spacial score (nSPS) is 18.4. The van der Waals surface area contributed by atoms with Crippen molar-refractivity contribution in [3.63, 3.8) is 0 Å². The standard InChI is InChI=1S/C17H26O/c1-17(2,3)15-9-7-14(8-10-15)12-16(18)11-13-5-4-6-13/h7-10,13,16,18H,4-6,11-12H2,1-3H3. The molecular weight excluding hydrogens is 220 g/mol. The molecule has 0 saturated heterocycles. The second-order valence-corrected chi connectivity index (χ2v) is 6.84. The van der Waals surface area contributed by atoms with E-state index in [4.69, 9.17) is 0 Å². The lowest BCUT2D eigenvalue weighted by atomic mass is 9.80. The van der Waals surface area contributed by atoms with Crippen LogP contribution in [0, 0.1) is 5.92 Å². The number of benzene rings is 1. The zero-order valence-corrected chi connectivity index (χ0v) is 11.9. The van der Waals surface area contributed by atoms with Gasteiger partial charge in [-0.15, -0.1) is 0 Å². The van der Waals surface area contributed by atoms with Crippen molar-refractivity contribution in [3.05, 3.63) is 35.4 Å². The van der Waals surface area contributed by atoms with Gasteiger partial charge in [0.05, 0.1) is 6.10 Å². The van der Waals surface area contributed by atoms with Crippen molar-refractivity contribution in [1.29, 1.82) is 0 Å². The fourth-order valence-electron chi connectivity index (χ4n) is 2.61. The lowest BCUT2D eigenvalue weighted by molar-refractivity contribution is 0.118. The quantitative estimate of drug-likeness (QED) is 0.849. The highest BCUT2D eigenvalue weighted by molar-refractivity contribution is 5.27. The van der Waals surface area contributed by atoms with Crippen LogP contribution in [0.25, 0.3) is 0 Å². The first kappa shape index (κ1) is 13.6. The van der Waals surface area contributed by atoms with Crippen LogP contribution in [0.3, 0.4) is 0 Å². The van der Waals surface area contributed by atoms with Crippen LogP contribution in [-0.2, 0) is 11.8 Å². The fraction of sp³-hybridized carbons (Fsp3) is 0.647. The summed E-state index contributed by atoms with van der Waals surface area (Å²) in [6.45, 7) is 6.69. The van der Waals surface area contributed by atoms with Gasteiger partial charge in [-0.05, 0) is 35.3 Å². The van der Waals surface area contributed by atoms with Crippen LogP contribution in [0.15, 0.2) is 24.3 Å². The smallest absolute Gasteiger partial charge is 0.0583 e. The average Bonchev–Trinajstić information content (AvgIpc) is 2.23. The maximum absolute atomic E-state index is 10.1. The predicted octanol–water partition coefficient (Wildman–Crippen LogP) is 4.08. The first-order valence-corrected chi connectivity index (χ1v) is 7.22. The third-order valence-corrected chi connectivity index (χ3v) is 4.12. The van der Waals surface area contributed by atoms with E-state index in [9.17, 15) is 5.11 Å². The van der Waals surface area contributed by atoms with Crippen LogP contribution in [-0.4, -0.2) is 11.2 Å². The fourth-order valence-corrected chi connectivity index (χ4v) is 2.61. The summed E-state index contributed by atoms with van der Waals surface area (Å²) in [5.74, 6) is 0.786. The van der Waals surface area contributed by atoms with E-state index in [0.29, 0.717) is 0 Å². The summed E-state index contributed by atoms with van der Waals surface area (Å²) in [5.41, 5.74) is 2.83. The minimum absolute atomic E-state index is 0.157. The third-order valence-electron chi connectivity index (χ3n) is 4.12. The third kappa shape index (κ3) is 3.58. The van der Waals surface area contributed by atoms with Crippen molar-refractivity contribution in [1.82, 2.24) is 0 Å². The van der Waals surface area contributed by atoms with Gasteiger partial charge in [0.15, 0.2) is 0 Å². The van der Waals surface area contributed by atoms with Gasteiger partial charge in [0.2, 0.25) is 0 Å². The zero-order valence-electron chi connectivity index (χ0n) is 11.9. The van der Waals surface area contributed by atoms with E-state index in [1.807, 2.05) is 0 Å². The van der Waals surface area contributed by atoms with E-state index >= 15 is 0 Å². The molecule has 1 aromatic carbocycles. The molecule has 1 N–H and O–H groups in total. The molecule has 2 rings (SSSR count). The molecule has 0 heterocycles. The SMILES string of the molecule is CC(C)(C)c1ccc(CC(O)CC2CCC2)cc1. The minimum atomic E-state index is -0.157. The van der Waals surface area contributed by atoms with E-state index in [-0.39, 0.29) is 11.5 Å². The largest absolute Gasteiger partial charge is 0.393 e. The summed E-state index contributed by atoms with van der Waals surface area (Å²) in [7, 11) is 0.